The Labute approximate surface area is 103 Å². The fourth-order valence-electron chi connectivity index (χ4n) is 1.27. The van der Waals surface area contributed by atoms with Gasteiger partial charge >= 0.3 is 0 Å². The van der Waals surface area contributed by atoms with Crippen LogP contribution in [-0.4, -0.2) is 18.6 Å². The molecule has 3 nitrogen and oxygen atoms in total. The summed E-state index contributed by atoms with van der Waals surface area (Å²) in [6, 6.07) is 9.74. The molecule has 0 saturated heterocycles. The zero-order chi connectivity index (χ0) is 12.7. The van der Waals surface area contributed by atoms with Crippen LogP contribution in [0.15, 0.2) is 30.3 Å². The van der Waals surface area contributed by atoms with E-state index in [0.29, 0.717) is 18.9 Å². The third-order valence-electron chi connectivity index (χ3n) is 2.73. The van der Waals surface area contributed by atoms with Crippen LogP contribution in [0.3, 0.4) is 0 Å². The second-order valence-electron chi connectivity index (χ2n) is 4.51. The molecule has 17 heavy (non-hydrogen) atoms. The molecular formula is C14H21NO2. The van der Waals surface area contributed by atoms with Crippen molar-refractivity contribution in [2.24, 2.45) is 5.92 Å². The maximum Gasteiger partial charge on any atom is 0.223 e. The van der Waals surface area contributed by atoms with E-state index in [-0.39, 0.29) is 11.9 Å². The summed E-state index contributed by atoms with van der Waals surface area (Å²) in [6.45, 7) is 6.61. The molecule has 0 aliphatic heterocycles. The number of carbonyl (C=O) groups excluding carboxylic acids is 1. The van der Waals surface area contributed by atoms with Gasteiger partial charge in [0.2, 0.25) is 5.91 Å². The maximum atomic E-state index is 11.6. The lowest BCUT2D eigenvalue weighted by Crippen LogP contribution is -2.36. The van der Waals surface area contributed by atoms with E-state index in [0.717, 1.165) is 5.75 Å². The molecule has 0 heterocycles. The minimum Gasteiger partial charge on any atom is -0.493 e. The molecule has 94 valence electrons. The van der Waals surface area contributed by atoms with Crippen LogP contribution in [0.25, 0.3) is 0 Å². The Hall–Kier alpha value is -1.51. The van der Waals surface area contributed by atoms with Crippen LogP contribution >= 0.6 is 0 Å². The zero-order valence-electron chi connectivity index (χ0n) is 10.8. The fourth-order valence-corrected chi connectivity index (χ4v) is 1.27. The van der Waals surface area contributed by atoms with Crippen LogP contribution in [0.2, 0.25) is 0 Å². The van der Waals surface area contributed by atoms with E-state index in [1.807, 2.05) is 37.3 Å². The molecule has 0 radical (unpaired) electrons. The second kappa shape index (κ2) is 6.94. The molecule has 0 bridgehead atoms. The number of ether oxygens (including phenoxy) is 1. The molecule has 0 fully saturated rings. The van der Waals surface area contributed by atoms with Gasteiger partial charge in [-0.05, 0) is 25.0 Å². The number of para-hydroxylation sites is 1. The maximum absolute atomic E-state index is 11.6. The summed E-state index contributed by atoms with van der Waals surface area (Å²) in [4.78, 5) is 11.6. The number of nitrogens with one attached hydrogen (secondary N) is 1. The fraction of sp³-hybridized carbons (Fsp3) is 0.500. The highest BCUT2D eigenvalue weighted by Gasteiger charge is 2.10. The minimum absolute atomic E-state index is 0.0436. The van der Waals surface area contributed by atoms with E-state index >= 15 is 0 Å². The van der Waals surface area contributed by atoms with Gasteiger partial charge in [-0.3, -0.25) is 4.79 Å². The van der Waals surface area contributed by atoms with Gasteiger partial charge in [-0.25, -0.2) is 0 Å². The van der Waals surface area contributed by atoms with Crippen LogP contribution in [-0.2, 0) is 4.79 Å². The van der Waals surface area contributed by atoms with Gasteiger partial charge in [-0.15, -0.1) is 0 Å². The highest BCUT2D eigenvalue weighted by Crippen LogP contribution is 2.08. The lowest BCUT2D eigenvalue weighted by Gasteiger charge is -2.17. The van der Waals surface area contributed by atoms with Crippen molar-refractivity contribution >= 4 is 5.91 Å². The molecule has 3 heteroatoms. The third-order valence-corrected chi connectivity index (χ3v) is 2.73. The number of carbonyl (C=O) groups is 1. The summed E-state index contributed by atoms with van der Waals surface area (Å²) < 4.78 is 5.46. The quantitative estimate of drug-likeness (QED) is 0.823. The monoisotopic (exact) mass is 235 g/mol. The molecule has 0 aromatic heterocycles. The Morgan fingerprint density at radius 1 is 1.24 bits per heavy atom. The summed E-state index contributed by atoms with van der Waals surface area (Å²) >= 11 is 0. The van der Waals surface area contributed by atoms with Crippen molar-refractivity contribution in [1.82, 2.24) is 5.32 Å². The zero-order valence-corrected chi connectivity index (χ0v) is 10.8. The average molecular weight is 235 g/mol. The predicted octanol–water partition coefficient (Wildman–Crippen LogP) is 2.62. The normalized spacial score (nSPS) is 12.2. The number of hydrogen-bond donors (Lipinski definition) is 1. The van der Waals surface area contributed by atoms with Crippen molar-refractivity contribution in [2.75, 3.05) is 6.61 Å². The van der Waals surface area contributed by atoms with E-state index in [2.05, 4.69) is 19.2 Å². The highest BCUT2D eigenvalue weighted by molar-refractivity contribution is 5.76. The van der Waals surface area contributed by atoms with E-state index in [1.165, 1.54) is 0 Å². The summed E-state index contributed by atoms with van der Waals surface area (Å²) in [7, 11) is 0. The molecule has 0 unspecified atom stereocenters. The summed E-state index contributed by atoms with van der Waals surface area (Å²) in [6.07, 6.45) is 0.395. The molecule has 0 aliphatic carbocycles. The van der Waals surface area contributed by atoms with Crippen LogP contribution in [0, 0.1) is 5.92 Å². The summed E-state index contributed by atoms with van der Waals surface area (Å²) in [5.41, 5.74) is 0. The SMILES string of the molecule is CC(C)[C@H](C)NC(=O)CCOc1ccccc1. The van der Waals surface area contributed by atoms with Crippen LogP contribution in [0.5, 0.6) is 5.75 Å². The summed E-state index contributed by atoms with van der Waals surface area (Å²) in [5.74, 6) is 1.30. The number of rotatable bonds is 6. The Morgan fingerprint density at radius 2 is 1.88 bits per heavy atom. The topological polar surface area (TPSA) is 38.3 Å². The van der Waals surface area contributed by atoms with E-state index in [4.69, 9.17) is 4.74 Å². The smallest absolute Gasteiger partial charge is 0.223 e. The van der Waals surface area contributed by atoms with Gasteiger partial charge in [-0.2, -0.15) is 0 Å². The van der Waals surface area contributed by atoms with Gasteiger partial charge in [0, 0.05) is 6.04 Å². The van der Waals surface area contributed by atoms with Gasteiger partial charge < -0.3 is 10.1 Å². The number of amides is 1. The van der Waals surface area contributed by atoms with Crippen molar-refractivity contribution < 1.29 is 9.53 Å². The van der Waals surface area contributed by atoms with Gasteiger partial charge in [0.05, 0.1) is 13.0 Å². The van der Waals surface area contributed by atoms with Gasteiger partial charge in [0.15, 0.2) is 0 Å². The molecule has 1 aromatic rings. The molecule has 1 rings (SSSR count). The molecule has 0 saturated carbocycles. The van der Waals surface area contributed by atoms with Crippen molar-refractivity contribution in [3.8, 4) is 5.75 Å². The van der Waals surface area contributed by atoms with Crippen LogP contribution in [0.1, 0.15) is 27.2 Å². The van der Waals surface area contributed by atoms with Gasteiger partial charge in [0.25, 0.3) is 0 Å². The van der Waals surface area contributed by atoms with Crippen LogP contribution in [0.4, 0.5) is 0 Å². The van der Waals surface area contributed by atoms with E-state index in [1.54, 1.807) is 0 Å². The van der Waals surface area contributed by atoms with E-state index < -0.39 is 0 Å². The minimum atomic E-state index is 0.0436. The molecular weight excluding hydrogens is 214 g/mol. The molecule has 0 aliphatic rings. The van der Waals surface area contributed by atoms with Crippen molar-refractivity contribution in [1.29, 1.82) is 0 Å². The van der Waals surface area contributed by atoms with Gasteiger partial charge in [-0.1, -0.05) is 32.0 Å². The Kier molecular flexibility index (Phi) is 5.53. The second-order valence-corrected chi connectivity index (χ2v) is 4.51. The first-order valence-electron chi connectivity index (χ1n) is 6.07. The first-order chi connectivity index (χ1) is 8.09. The molecule has 1 N–H and O–H groups in total. The molecule has 1 atom stereocenters. The van der Waals surface area contributed by atoms with Crippen molar-refractivity contribution in [3.63, 3.8) is 0 Å². The molecule has 1 amide bonds. The third kappa shape index (κ3) is 5.38. The number of benzene rings is 1. The molecule has 0 spiro atoms. The Balaban J connectivity index is 2.21. The van der Waals surface area contributed by atoms with Gasteiger partial charge in [0.1, 0.15) is 5.75 Å². The van der Waals surface area contributed by atoms with Crippen molar-refractivity contribution in [2.45, 2.75) is 33.2 Å². The van der Waals surface area contributed by atoms with E-state index in [9.17, 15) is 4.79 Å². The van der Waals surface area contributed by atoms with Crippen molar-refractivity contribution in [3.05, 3.63) is 30.3 Å². The lowest BCUT2D eigenvalue weighted by molar-refractivity contribution is -0.122. The highest BCUT2D eigenvalue weighted by atomic mass is 16.5. The average Bonchev–Trinajstić information content (AvgIpc) is 2.30. The Bertz CT molecular complexity index is 335. The standard InChI is InChI=1S/C14H21NO2/c1-11(2)12(3)15-14(16)9-10-17-13-7-5-4-6-8-13/h4-8,11-12H,9-10H2,1-3H3,(H,15,16)/t12-/m0/s1. The lowest BCUT2D eigenvalue weighted by atomic mass is 10.1. The molecule has 1 aromatic carbocycles. The first kappa shape index (κ1) is 13.6. The largest absolute Gasteiger partial charge is 0.493 e. The number of hydrogen-bond acceptors (Lipinski definition) is 2. The Morgan fingerprint density at radius 3 is 2.47 bits per heavy atom. The summed E-state index contributed by atoms with van der Waals surface area (Å²) in [5, 5.41) is 2.95. The predicted molar refractivity (Wildman–Crippen MR) is 69.0 cm³/mol. The van der Waals surface area contributed by atoms with Crippen LogP contribution < -0.4 is 10.1 Å². The first-order valence-corrected chi connectivity index (χ1v) is 6.07.